The Morgan fingerprint density at radius 1 is 1.32 bits per heavy atom. The van der Waals surface area contributed by atoms with Crippen molar-refractivity contribution in [2.75, 3.05) is 27.3 Å². The van der Waals surface area contributed by atoms with Gasteiger partial charge in [0.1, 0.15) is 4.88 Å². The van der Waals surface area contributed by atoms with E-state index in [1.54, 1.807) is 11.8 Å². The fraction of sp³-hybridized carbons (Fsp3) is 0.533. The molecule has 0 aromatic carbocycles. The molecule has 0 atom stereocenters. The lowest BCUT2D eigenvalue weighted by molar-refractivity contribution is -0.0232. The number of amides is 1. The Hall–Kier alpha value is -2.33. The molecule has 1 saturated heterocycles. The van der Waals surface area contributed by atoms with Crippen molar-refractivity contribution in [3.8, 4) is 11.9 Å². The second-order valence-corrected chi connectivity index (χ2v) is 6.55. The largest absolute Gasteiger partial charge is 0.481 e. The van der Waals surface area contributed by atoms with E-state index >= 15 is 0 Å². The van der Waals surface area contributed by atoms with Crippen molar-refractivity contribution in [2.45, 2.75) is 25.4 Å². The molecule has 1 fully saturated rings. The smallest absolute Gasteiger partial charge is 0.319 e. The zero-order valence-electron chi connectivity index (χ0n) is 14.2. The normalized spacial score (nSPS) is 16.6. The number of carbonyl (C=O) groups is 1. The molecule has 0 spiro atoms. The highest BCUT2D eigenvalue weighted by Crippen LogP contribution is 2.37. The third-order valence-electron chi connectivity index (χ3n) is 4.33. The molecule has 1 aliphatic rings. The summed E-state index contributed by atoms with van der Waals surface area (Å²) in [5.41, 5.74) is -0.0327. The van der Waals surface area contributed by atoms with Crippen LogP contribution < -0.4 is 9.47 Å². The first-order valence-corrected chi connectivity index (χ1v) is 8.52. The van der Waals surface area contributed by atoms with Gasteiger partial charge in [0.05, 0.1) is 31.1 Å². The minimum atomic E-state index is -1.16. The lowest BCUT2D eigenvalue weighted by atomic mass is 9.85. The Bertz CT molecular complexity index is 773. The summed E-state index contributed by atoms with van der Waals surface area (Å²) in [6.45, 7) is 2.57. The molecule has 0 radical (unpaired) electrons. The van der Waals surface area contributed by atoms with Gasteiger partial charge in [-0.15, -0.1) is 5.10 Å². The highest BCUT2D eigenvalue weighted by Gasteiger charge is 2.39. The quantitative estimate of drug-likeness (QED) is 0.846. The number of aromatic nitrogens is 4. The summed E-state index contributed by atoms with van der Waals surface area (Å²) in [6, 6.07) is 0.171. The van der Waals surface area contributed by atoms with Gasteiger partial charge >= 0.3 is 6.01 Å². The van der Waals surface area contributed by atoms with Crippen LogP contribution in [0.5, 0.6) is 11.9 Å². The molecule has 3 rings (SSSR count). The van der Waals surface area contributed by atoms with E-state index in [9.17, 15) is 9.90 Å². The van der Waals surface area contributed by atoms with E-state index in [1.165, 1.54) is 20.4 Å². The van der Waals surface area contributed by atoms with Crippen LogP contribution in [-0.2, 0) is 5.60 Å². The number of hydrogen-bond acceptors (Lipinski definition) is 9. The van der Waals surface area contributed by atoms with Crippen LogP contribution in [0, 0.1) is 6.92 Å². The summed E-state index contributed by atoms with van der Waals surface area (Å²) in [4.78, 5) is 23.0. The van der Waals surface area contributed by atoms with Crippen molar-refractivity contribution >= 4 is 17.4 Å². The van der Waals surface area contributed by atoms with Crippen molar-refractivity contribution in [3.05, 3.63) is 22.3 Å². The topological polar surface area (TPSA) is 111 Å². The second kappa shape index (κ2) is 6.89. The lowest BCUT2D eigenvalue weighted by Crippen LogP contribution is -2.45. The molecule has 25 heavy (non-hydrogen) atoms. The van der Waals surface area contributed by atoms with Crippen LogP contribution in [0.15, 0.2) is 6.20 Å². The third kappa shape index (κ3) is 3.27. The lowest BCUT2D eigenvalue weighted by Gasteiger charge is -2.38. The van der Waals surface area contributed by atoms with Crippen LogP contribution in [0.1, 0.15) is 33.8 Å². The summed E-state index contributed by atoms with van der Waals surface area (Å²) in [7, 11) is 2.94. The van der Waals surface area contributed by atoms with Crippen molar-refractivity contribution in [1.82, 2.24) is 24.5 Å². The molecule has 1 N–H and O–H groups in total. The Morgan fingerprint density at radius 3 is 2.60 bits per heavy atom. The maximum Gasteiger partial charge on any atom is 0.319 e. The second-order valence-electron chi connectivity index (χ2n) is 5.79. The molecule has 0 bridgehead atoms. The number of hydrogen-bond donors (Lipinski definition) is 1. The maximum atomic E-state index is 12.5. The van der Waals surface area contributed by atoms with Crippen molar-refractivity contribution in [1.29, 1.82) is 0 Å². The predicted octanol–water partition coefficient (Wildman–Crippen LogP) is 0.778. The molecule has 3 heterocycles. The minimum Gasteiger partial charge on any atom is -0.481 e. The van der Waals surface area contributed by atoms with Crippen molar-refractivity contribution in [3.63, 3.8) is 0 Å². The Kier molecular flexibility index (Phi) is 4.82. The minimum absolute atomic E-state index is 0.104. The number of aryl methyl sites for hydroxylation is 1. The molecule has 1 aliphatic heterocycles. The average Bonchev–Trinajstić information content (AvgIpc) is 3.07. The SMILES string of the molecule is COc1ncc(C2(O)CCN(C(=O)c3snnc3C)CC2)c(OC)n1. The van der Waals surface area contributed by atoms with Gasteiger partial charge in [0.2, 0.25) is 5.88 Å². The zero-order chi connectivity index (χ0) is 18.0. The number of ether oxygens (including phenoxy) is 2. The molecular weight excluding hydrogens is 346 g/mol. The number of carbonyl (C=O) groups excluding carboxylic acids is 1. The predicted molar refractivity (Wildman–Crippen MR) is 88.8 cm³/mol. The number of nitrogens with zero attached hydrogens (tertiary/aromatic N) is 5. The van der Waals surface area contributed by atoms with E-state index in [2.05, 4.69) is 19.6 Å². The van der Waals surface area contributed by atoms with Gasteiger partial charge < -0.3 is 19.5 Å². The van der Waals surface area contributed by atoms with Crippen LogP contribution in [0.4, 0.5) is 0 Å². The summed E-state index contributed by atoms with van der Waals surface area (Å²) < 4.78 is 14.1. The number of methoxy groups -OCH3 is 2. The van der Waals surface area contributed by atoms with Gasteiger partial charge in [-0.3, -0.25) is 4.79 Å². The first kappa shape index (κ1) is 17.5. The molecule has 9 nitrogen and oxygen atoms in total. The Morgan fingerprint density at radius 2 is 2.04 bits per heavy atom. The molecule has 10 heteroatoms. The van der Waals surface area contributed by atoms with Gasteiger partial charge in [-0.1, -0.05) is 4.49 Å². The van der Waals surface area contributed by atoms with Crippen LogP contribution >= 0.6 is 11.5 Å². The van der Waals surface area contributed by atoms with Gasteiger partial charge in [-0.25, -0.2) is 4.98 Å². The molecular formula is C15H19N5O4S. The van der Waals surface area contributed by atoms with E-state index in [1.807, 2.05) is 0 Å². The van der Waals surface area contributed by atoms with E-state index in [-0.39, 0.29) is 17.8 Å². The molecule has 0 aliphatic carbocycles. The molecule has 2 aromatic heterocycles. The summed E-state index contributed by atoms with van der Waals surface area (Å²) in [6.07, 6.45) is 2.23. The van der Waals surface area contributed by atoms with Crippen LogP contribution in [0.25, 0.3) is 0 Å². The first-order valence-electron chi connectivity index (χ1n) is 7.74. The van der Waals surface area contributed by atoms with E-state index < -0.39 is 5.60 Å². The number of rotatable bonds is 4. The van der Waals surface area contributed by atoms with Gasteiger partial charge in [0.15, 0.2) is 0 Å². The summed E-state index contributed by atoms with van der Waals surface area (Å²) in [5, 5.41) is 14.9. The van der Waals surface area contributed by atoms with Crippen LogP contribution in [-0.4, -0.2) is 62.8 Å². The van der Waals surface area contributed by atoms with Crippen molar-refractivity contribution in [2.24, 2.45) is 0 Å². The summed E-state index contributed by atoms with van der Waals surface area (Å²) in [5.74, 6) is 0.170. The van der Waals surface area contributed by atoms with E-state index in [0.29, 0.717) is 42.1 Å². The fourth-order valence-electron chi connectivity index (χ4n) is 2.84. The van der Waals surface area contributed by atoms with Crippen LogP contribution in [0.2, 0.25) is 0 Å². The zero-order valence-corrected chi connectivity index (χ0v) is 15.0. The number of likely N-dealkylation sites (tertiary alicyclic amines) is 1. The molecule has 0 unspecified atom stereocenters. The Labute approximate surface area is 148 Å². The van der Waals surface area contributed by atoms with Gasteiger partial charge in [-0.2, -0.15) is 4.98 Å². The molecule has 134 valence electrons. The summed E-state index contributed by atoms with van der Waals surface area (Å²) >= 11 is 1.09. The molecule has 1 amide bonds. The third-order valence-corrected chi connectivity index (χ3v) is 5.15. The number of aliphatic hydroxyl groups is 1. The highest BCUT2D eigenvalue weighted by molar-refractivity contribution is 7.07. The van der Waals surface area contributed by atoms with Crippen LogP contribution in [0.3, 0.4) is 0 Å². The van der Waals surface area contributed by atoms with E-state index in [0.717, 1.165) is 11.5 Å². The monoisotopic (exact) mass is 365 g/mol. The standard InChI is InChI=1S/C15H19N5O4S/c1-9-11(25-19-18-9)13(21)20-6-4-15(22,5-7-20)10-8-16-14(24-3)17-12(10)23-2/h8,22H,4-7H2,1-3H3. The number of piperidine rings is 1. The molecule has 0 saturated carbocycles. The maximum absolute atomic E-state index is 12.5. The van der Waals surface area contributed by atoms with Gasteiger partial charge in [0, 0.05) is 19.3 Å². The molecule has 2 aromatic rings. The van der Waals surface area contributed by atoms with Crippen molar-refractivity contribution < 1.29 is 19.4 Å². The van der Waals surface area contributed by atoms with E-state index in [4.69, 9.17) is 9.47 Å². The van der Waals surface area contributed by atoms with Gasteiger partial charge in [0.25, 0.3) is 5.91 Å². The highest BCUT2D eigenvalue weighted by atomic mass is 32.1. The van der Waals surface area contributed by atoms with Gasteiger partial charge in [-0.05, 0) is 31.3 Å². The first-order chi connectivity index (χ1) is 12.0. The fourth-order valence-corrected chi connectivity index (χ4v) is 3.47. The Balaban J connectivity index is 1.77. The average molecular weight is 365 g/mol.